The molecule has 1 aliphatic carbocycles. The van der Waals surface area contributed by atoms with Crippen molar-refractivity contribution in [2.24, 2.45) is 0 Å². The Bertz CT molecular complexity index is 1220. The molecule has 3 unspecified atom stereocenters. The number of aromatic hydroxyl groups is 1. The number of phenols is 1. The van der Waals surface area contributed by atoms with E-state index in [1.807, 2.05) is 0 Å². The predicted molar refractivity (Wildman–Crippen MR) is 110 cm³/mol. The van der Waals surface area contributed by atoms with E-state index in [0.29, 0.717) is 11.1 Å². The first-order valence-electron chi connectivity index (χ1n) is 10.1. The highest BCUT2D eigenvalue weighted by Gasteiger charge is 2.62. The lowest BCUT2D eigenvalue weighted by atomic mass is 9.66. The number of anilines is 1. The molecule has 3 N–H and O–H groups in total. The second kappa shape index (κ2) is 7.81. The molecular weight excluding hydrogens is 430 g/mol. The van der Waals surface area contributed by atoms with Gasteiger partial charge in [-0.3, -0.25) is 0 Å². The van der Waals surface area contributed by atoms with Crippen molar-refractivity contribution in [3.05, 3.63) is 69.8 Å². The van der Waals surface area contributed by atoms with Crippen molar-refractivity contribution < 1.29 is 32.2 Å². The molecule has 0 radical (unpaired) electrons. The van der Waals surface area contributed by atoms with E-state index in [0.717, 1.165) is 6.07 Å². The van der Waals surface area contributed by atoms with Gasteiger partial charge in [0.05, 0.1) is 0 Å². The normalized spacial score (nSPS) is 23.2. The summed E-state index contributed by atoms with van der Waals surface area (Å²) >= 11 is 0. The quantitative estimate of drug-likeness (QED) is 0.383. The number of halogens is 4. The summed E-state index contributed by atoms with van der Waals surface area (Å²) in [5.74, 6) is -3.99. The van der Waals surface area contributed by atoms with E-state index in [1.165, 1.54) is 18.2 Å². The zero-order chi connectivity index (χ0) is 23.3. The molecule has 0 spiro atoms. The zero-order valence-electron chi connectivity index (χ0n) is 17.0. The van der Waals surface area contributed by atoms with Crippen LogP contribution < -0.4 is 10.9 Å². The van der Waals surface area contributed by atoms with Crippen LogP contribution in [0.2, 0.25) is 0 Å². The van der Waals surface area contributed by atoms with Gasteiger partial charge in [0, 0.05) is 35.2 Å². The molecule has 0 aliphatic heterocycles. The molecule has 0 saturated heterocycles. The largest absolute Gasteiger partial charge is 0.505 e. The molecule has 9 heteroatoms. The van der Waals surface area contributed by atoms with Gasteiger partial charge >= 0.3 is 11.8 Å². The van der Waals surface area contributed by atoms with Crippen molar-refractivity contribution in [3.63, 3.8) is 0 Å². The van der Waals surface area contributed by atoms with Crippen LogP contribution in [-0.4, -0.2) is 28.5 Å². The predicted octanol–water partition coefficient (Wildman–Crippen LogP) is 5.02. The van der Waals surface area contributed by atoms with E-state index in [-0.39, 0.29) is 29.7 Å². The van der Waals surface area contributed by atoms with Crippen molar-refractivity contribution in [2.45, 2.75) is 43.4 Å². The fourth-order valence-electron chi connectivity index (χ4n) is 4.61. The number of nitrogens with one attached hydrogen (secondary N) is 1. The van der Waals surface area contributed by atoms with E-state index in [1.54, 1.807) is 25.1 Å². The van der Waals surface area contributed by atoms with E-state index in [2.05, 4.69) is 5.32 Å². The Morgan fingerprint density at radius 1 is 1.19 bits per heavy atom. The van der Waals surface area contributed by atoms with Crippen molar-refractivity contribution in [2.75, 3.05) is 11.9 Å². The molecule has 32 heavy (non-hydrogen) atoms. The molecule has 3 atom stereocenters. The molecule has 0 amide bonds. The van der Waals surface area contributed by atoms with E-state index < -0.39 is 47.2 Å². The maximum absolute atomic E-state index is 14.1. The van der Waals surface area contributed by atoms with Crippen LogP contribution in [0, 0.1) is 5.82 Å². The number of fused-ring (bicyclic) bond motifs is 2. The molecule has 1 aromatic heterocycles. The molecule has 1 heterocycles. The number of hydrogen-bond acceptors (Lipinski definition) is 5. The minimum absolute atomic E-state index is 0.0427. The van der Waals surface area contributed by atoms with Gasteiger partial charge in [-0.2, -0.15) is 13.2 Å². The third-order valence-electron chi connectivity index (χ3n) is 6.26. The summed E-state index contributed by atoms with van der Waals surface area (Å²) in [6.07, 6.45) is -5.47. The number of hydrogen-bond donors (Lipinski definition) is 3. The van der Waals surface area contributed by atoms with Gasteiger partial charge in [0.1, 0.15) is 5.58 Å². The van der Waals surface area contributed by atoms with Gasteiger partial charge in [-0.15, -0.1) is 0 Å². The molecule has 5 nitrogen and oxygen atoms in total. The summed E-state index contributed by atoms with van der Waals surface area (Å²) in [6, 6.07) is 9.52. The SMILES string of the molecule is CCC1CC(O)(C(F)(F)F)C(CNc2cccc3oc(=O)ccc23)c2ccc(F)c(O)c21. The van der Waals surface area contributed by atoms with E-state index >= 15 is 0 Å². The van der Waals surface area contributed by atoms with E-state index in [4.69, 9.17) is 4.42 Å². The van der Waals surface area contributed by atoms with Crippen molar-refractivity contribution in [3.8, 4) is 5.75 Å². The standard InChI is InChI=1S/C23H21F4NO4/c1-2-12-10-22(31,23(25,26)27)15(13-6-8-16(24)21(30)20(12)13)11-28-17-4-3-5-18-14(17)7-9-19(29)32-18/h3-9,12,15,28,30-31H,2,10-11H2,1H3. The number of alkyl halides is 3. The van der Waals surface area contributed by atoms with Crippen molar-refractivity contribution >= 4 is 16.7 Å². The number of benzene rings is 2. The first-order valence-corrected chi connectivity index (χ1v) is 10.1. The first kappa shape index (κ1) is 22.1. The lowest BCUT2D eigenvalue weighted by molar-refractivity contribution is -0.274. The number of aliphatic hydroxyl groups is 1. The van der Waals surface area contributed by atoms with Crippen LogP contribution in [0.3, 0.4) is 0 Å². The summed E-state index contributed by atoms with van der Waals surface area (Å²) in [5, 5.41) is 24.6. The minimum atomic E-state index is -4.96. The number of phenolic OH excluding ortho intramolecular Hbond substituents is 1. The van der Waals surface area contributed by atoms with Crippen LogP contribution in [0.1, 0.15) is 42.7 Å². The smallest absolute Gasteiger partial charge is 0.417 e. The Morgan fingerprint density at radius 3 is 2.62 bits per heavy atom. The maximum atomic E-state index is 14.1. The second-order valence-electron chi connectivity index (χ2n) is 8.04. The van der Waals surface area contributed by atoms with Crippen molar-refractivity contribution in [1.82, 2.24) is 0 Å². The fraction of sp³-hybridized carbons (Fsp3) is 0.348. The van der Waals surface area contributed by atoms with Gasteiger partial charge in [0.15, 0.2) is 17.2 Å². The van der Waals surface area contributed by atoms with Gasteiger partial charge in [-0.25, -0.2) is 9.18 Å². The van der Waals surface area contributed by atoms with Gasteiger partial charge in [-0.05, 0) is 48.6 Å². The van der Waals surface area contributed by atoms with Gasteiger partial charge < -0.3 is 19.9 Å². The molecular formula is C23H21F4NO4. The maximum Gasteiger partial charge on any atom is 0.417 e. The first-order chi connectivity index (χ1) is 15.1. The monoisotopic (exact) mass is 451 g/mol. The molecule has 170 valence electrons. The molecule has 2 aromatic carbocycles. The average molecular weight is 451 g/mol. The summed E-state index contributed by atoms with van der Waals surface area (Å²) in [6.45, 7) is 1.26. The highest BCUT2D eigenvalue weighted by atomic mass is 19.4. The molecule has 3 aromatic rings. The Hall–Kier alpha value is -3.07. The van der Waals surface area contributed by atoms with Crippen LogP contribution >= 0.6 is 0 Å². The molecule has 0 fully saturated rings. The second-order valence-corrected chi connectivity index (χ2v) is 8.04. The van der Waals surface area contributed by atoms with Gasteiger partial charge in [0.25, 0.3) is 0 Å². The Kier molecular flexibility index (Phi) is 5.40. The third kappa shape index (κ3) is 3.50. The van der Waals surface area contributed by atoms with Crippen LogP contribution in [0.4, 0.5) is 23.2 Å². The number of rotatable bonds is 4. The average Bonchev–Trinajstić information content (AvgIpc) is 2.74. The van der Waals surface area contributed by atoms with Crippen LogP contribution in [0.5, 0.6) is 5.75 Å². The summed E-state index contributed by atoms with van der Waals surface area (Å²) in [7, 11) is 0. The Balaban J connectivity index is 1.80. The summed E-state index contributed by atoms with van der Waals surface area (Å²) in [4.78, 5) is 11.5. The lowest BCUT2D eigenvalue weighted by Gasteiger charge is -2.45. The third-order valence-corrected chi connectivity index (χ3v) is 6.26. The topological polar surface area (TPSA) is 82.7 Å². The molecule has 1 aliphatic rings. The zero-order valence-corrected chi connectivity index (χ0v) is 17.0. The van der Waals surface area contributed by atoms with Crippen LogP contribution in [-0.2, 0) is 0 Å². The van der Waals surface area contributed by atoms with Gasteiger partial charge in [-0.1, -0.05) is 19.1 Å². The summed E-state index contributed by atoms with van der Waals surface area (Å²) < 4.78 is 61.5. The highest BCUT2D eigenvalue weighted by Crippen LogP contribution is 2.55. The fourth-order valence-corrected chi connectivity index (χ4v) is 4.61. The van der Waals surface area contributed by atoms with E-state index in [9.17, 15) is 32.6 Å². The molecule has 0 bridgehead atoms. The summed E-state index contributed by atoms with van der Waals surface area (Å²) in [5.41, 5.74) is -2.86. The van der Waals surface area contributed by atoms with Crippen LogP contribution in [0.15, 0.2) is 51.7 Å². The Morgan fingerprint density at radius 2 is 1.94 bits per heavy atom. The minimum Gasteiger partial charge on any atom is -0.505 e. The highest BCUT2D eigenvalue weighted by molar-refractivity contribution is 5.89. The lowest BCUT2D eigenvalue weighted by Crippen LogP contribution is -2.55. The van der Waals surface area contributed by atoms with Gasteiger partial charge in [0.2, 0.25) is 0 Å². The molecule has 4 rings (SSSR count). The van der Waals surface area contributed by atoms with Crippen molar-refractivity contribution in [1.29, 1.82) is 0 Å². The molecule has 0 saturated carbocycles. The Labute approximate surface area is 180 Å². The van der Waals surface area contributed by atoms with Crippen LogP contribution in [0.25, 0.3) is 11.0 Å².